The molecular weight excluding hydrogens is 230 g/mol. The molecule has 4 nitrogen and oxygen atoms in total. The molecule has 5 heteroatoms. The van der Waals surface area contributed by atoms with E-state index in [4.69, 9.17) is 21.1 Å². The first kappa shape index (κ1) is 11.1. The van der Waals surface area contributed by atoms with Crippen molar-refractivity contribution in [1.82, 2.24) is 5.32 Å². The van der Waals surface area contributed by atoms with Gasteiger partial charge in [0, 0.05) is 6.42 Å². The third-order valence-corrected chi connectivity index (χ3v) is 2.61. The van der Waals surface area contributed by atoms with Crippen molar-refractivity contribution in [2.45, 2.75) is 12.5 Å². The summed E-state index contributed by atoms with van der Waals surface area (Å²) in [6, 6.07) is 7.23. The van der Waals surface area contributed by atoms with Gasteiger partial charge in [-0.25, -0.2) is 4.79 Å². The van der Waals surface area contributed by atoms with Crippen LogP contribution in [0.4, 0.5) is 4.79 Å². The van der Waals surface area contributed by atoms with Gasteiger partial charge in [0.15, 0.2) is 0 Å². The highest BCUT2D eigenvalue weighted by Gasteiger charge is 2.19. The summed E-state index contributed by atoms with van der Waals surface area (Å²) >= 11 is 5.93. The minimum absolute atomic E-state index is 0.0162. The van der Waals surface area contributed by atoms with Crippen molar-refractivity contribution in [3.8, 4) is 5.75 Å². The maximum Gasteiger partial charge on any atom is 0.407 e. The summed E-state index contributed by atoms with van der Waals surface area (Å²) < 4.78 is 10.3. The van der Waals surface area contributed by atoms with Crippen LogP contribution in [0, 0.1) is 0 Å². The fourth-order valence-electron chi connectivity index (χ4n) is 1.45. The zero-order valence-electron chi connectivity index (χ0n) is 8.61. The van der Waals surface area contributed by atoms with Crippen LogP contribution in [0.2, 0.25) is 5.02 Å². The topological polar surface area (TPSA) is 47.6 Å². The molecule has 1 aliphatic heterocycles. The largest absolute Gasteiger partial charge is 0.490 e. The lowest BCUT2D eigenvalue weighted by Crippen LogP contribution is -2.44. The van der Waals surface area contributed by atoms with Gasteiger partial charge in [-0.2, -0.15) is 0 Å². The molecule has 1 heterocycles. The molecule has 1 aromatic carbocycles. The van der Waals surface area contributed by atoms with Crippen molar-refractivity contribution >= 4 is 17.7 Å². The van der Waals surface area contributed by atoms with Gasteiger partial charge in [-0.15, -0.1) is 0 Å². The van der Waals surface area contributed by atoms with Gasteiger partial charge in [0.25, 0.3) is 0 Å². The summed E-state index contributed by atoms with van der Waals surface area (Å²) in [6.45, 7) is 0.835. The highest BCUT2D eigenvalue weighted by molar-refractivity contribution is 6.32. The van der Waals surface area contributed by atoms with E-state index in [0.29, 0.717) is 24.0 Å². The third-order valence-electron chi connectivity index (χ3n) is 2.30. The van der Waals surface area contributed by atoms with E-state index < -0.39 is 0 Å². The predicted molar refractivity (Wildman–Crippen MR) is 59.8 cm³/mol. The van der Waals surface area contributed by atoms with Gasteiger partial charge in [-0.05, 0) is 12.1 Å². The van der Waals surface area contributed by atoms with Gasteiger partial charge in [-0.3, -0.25) is 0 Å². The smallest absolute Gasteiger partial charge is 0.407 e. The molecule has 1 fully saturated rings. The van der Waals surface area contributed by atoms with Crippen LogP contribution in [-0.4, -0.2) is 25.3 Å². The second-order valence-electron chi connectivity index (χ2n) is 3.51. The first-order chi connectivity index (χ1) is 7.75. The molecule has 86 valence electrons. The molecule has 1 amide bonds. The summed E-state index contributed by atoms with van der Waals surface area (Å²) in [5.74, 6) is 0.630. The number of hydrogen-bond donors (Lipinski definition) is 1. The average molecular weight is 242 g/mol. The number of para-hydroxylation sites is 1. The summed E-state index contributed by atoms with van der Waals surface area (Å²) in [6.07, 6.45) is 0.356. The Kier molecular flexibility index (Phi) is 3.51. The van der Waals surface area contributed by atoms with Gasteiger partial charge in [0.1, 0.15) is 12.4 Å². The fourth-order valence-corrected chi connectivity index (χ4v) is 1.64. The number of hydrogen-bond acceptors (Lipinski definition) is 3. The van der Waals surface area contributed by atoms with Crippen LogP contribution in [-0.2, 0) is 4.74 Å². The van der Waals surface area contributed by atoms with E-state index in [2.05, 4.69) is 5.32 Å². The van der Waals surface area contributed by atoms with Crippen LogP contribution in [0.15, 0.2) is 24.3 Å². The van der Waals surface area contributed by atoms with Crippen LogP contribution in [0.25, 0.3) is 0 Å². The quantitative estimate of drug-likeness (QED) is 0.883. The van der Waals surface area contributed by atoms with Gasteiger partial charge >= 0.3 is 6.09 Å². The molecule has 1 aliphatic rings. The van der Waals surface area contributed by atoms with Crippen molar-refractivity contribution < 1.29 is 14.3 Å². The Labute approximate surface area is 98.5 Å². The Balaban J connectivity index is 1.87. The molecule has 1 atom stereocenters. The monoisotopic (exact) mass is 241 g/mol. The molecule has 2 rings (SSSR count). The summed E-state index contributed by atoms with van der Waals surface area (Å²) in [7, 11) is 0. The number of carbonyl (C=O) groups excluding carboxylic acids is 1. The number of ether oxygens (including phenoxy) is 2. The van der Waals surface area contributed by atoms with E-state index in [1.807, 2.05) is 12.1 Å². The highest BCUT2D eigenvalue weighted by atomic mass is 35.5. The molecule has 0 aliphatic carbocycles. The molecular formula is C11H12ClNO3. The Morgan fingerprint density at radius 3 is 3.06 bits per heavy atom. The number of benzene rings is 1. The molecule has 16 heavy (non-hydrogen) atoms. The average Bonchev–Trinajstić information content (AvgIpc) is 2.28. The van der Waals surface area contributed by atoms with Crippen LogP contribution >= 0.6 is 11.6 Å². The number of nitrogens with one attached hydrogen (secondary N) is 1. The molecule has 1 unspecified atom stereocenters. The highest BCUT2D eigenvalue weighted by Crippen LogP contribution is 2.23. The molecule has 0 saturated carbocycles. The van der Waals surface area contributed by atoms with Gasteiger partial charge in [0.05, 0.1) is 17.7 Å². The SMILES string of the molecule is O=C1NC(COc2ccccc2Cl)CCO1. The fraction of sp³-hybridized carbons (Fsp3) is 0.364. The molecule has 0 spiro atoms. The number of amides is 1. The Bertz CT molecular complexity index is 383. The lowest BCUT2D eigenvalue weighted by atomic mass is 10.2. The predicted octanol–water partition coefficient (Wildman–Crippen LogP) is 2.22. The van der Waals surface area contributed by atoms with E-state index in [1.165, 1.54) is 0 Å². The van der Waals surface area contributed by atoms with E-state index in [1.54, 1.807) is 12.1 Å². The minimum atomic E-state index is -0.390. The minimum Gasteiger partial charge on any atom is -0.490 e. The number of alkyl carbamates (subject to hydrolysis) is 1. The van der Waals surface area contributed by atoms with Gasteiger partial charge < -0.3 is 14.8 Å². The summed E-state index contributed by atoms with van der Waals surface area (Å²) in [4.78, 5) is 10.9. The molecule has 0 aromatic heterocycles. The van der Waals surface area contributed by atoms with Crippen LogP contribution < -0.4 is 10.1 Å². The lowest BCUT2D eigenvalue weighted by Gasteiger charge is -2.23. The number of carbonyl (C=O) groups is 1. The zero-order chi connectivity index (χ0) is 11.4. The lowest BCUT2D eigenvalue weighted by molar-refractivity contribution is 0.103. The molecule has 1 N–H and O–H groups in total. The van der Waals surface area contributed by atoms with E-state index >= 15 is 0 Å². The Hall–Kier alpha value is -1.42. The van der Waals surface area contributed by atoms with Crippen molar-refractivity contribution in [1.29, 1.82) is 0 Å². The first-order valence-corrected chi connectivity index (χ1v) is 5.44. The number of halogens is 1. The number of rotatable bonds is 3. The van der Waals surface area contributed by atoms with Gasteiger partial charge in [-0.1, -0.05) is 23.7 Å². The maximum atomic E-state index is 10.9. The molecule has 0 radical (unpaired) electrons. The molecule has 1 saturated heterocycles. The summed E-state index contributed by atoms with van der Waals surface area (Å²) in [5, 5.41) is 3.25. The normalized spacial score (nSPS) is 19.8. The van der Waals surface area contributed by atoms with Crippen molar-refractivity contribution in [3.05, 3.63) is 29.3 Å². The third kappa shape index (κ3) is 2.79. The Morgan fingerprint density at radius 2 is 2.31 bits per heavy atom. The number of cyclic esters (lactones) is 1. The van der Waals surface area contributed by atoms with Crippen molar-refractivity contribution in [2.24, 2.45) is 0 Å². The van der Waals surface area contributed by atoms with Crippen LogP contribution in [0.1, 0.15) is 6.42 Å². The molecule has 0 bridgehead atoms. The van der Waals surface area contributed by atoms with Crippen molar-refractivity contribution in [2.75, 3.05) is 13.2 Å². The molecule has 1 aromatic rings. The van der Waals surface area contributed by atoms with Gasteiger partial charge in [0.2, 0.25) is 0 Å². The van der Waals surface area contributed by atoms with Crippen LogP contribution in [0.5, 0.6) is 5.75 Å². The first-order valence-electron chi connectivity index (χ1n) is 5.06. The van der Waals surface area contributed by atoms with E-state index in [0.717, 1.165) is 6.42 Å². The Morgan fingerprint density at radius 1 is 1.50 bits per heavy atom. The maximum absolute atomic E-state index is 10.9. The van der Waals surface area contributed by atoms with Crippen molar-refractivity contribution in [3.63, 3.8) is 0 Å². The van der Waals surface area contributed by atoms with E-state index in [-0.39, 0.29) is 12.1 Å². The summed E-state index contributed by atoms with van der Waals surface area (Å²) in [5.41, 5.74) is 0. The standard InChI is InChI=1S/C11H12ClNO3/c12-9-3-1-2-4-10(9)16-7-8-5-6-15-11(14)13-8/h1-4,8H,5-7H2,(H,13,14). The van der Waals surface area contributed by atoms with E-state index in [9.17, 15) is 4.79 Å². The zero-order valence-corrected chi connectivity index (χ0v) is 9.37. The second-order valence-corrected chi connectivity index (χ2v) is 3.91. The second kappa shape index (κ2) is 5.07. The van der Waals surface area contributed by atoms with Crippen LogP contribution in [0.3, 0.4) is 0 Å².